The number of Topliss-reactive ketones (excluding diaryl/α,β-unsaturated/α-hetero) is 1. The summed E-state index contributed by atoms with van der Waals surface area (Å²) in [7, 11) is 0. The first kappa shape index (κ1) is 14.5. The fraction of sp³-hybridized carbons (Fsp3) is 0.222. The number of carbonyl (C=O) groups is 1. The van der Waals surface area contributed by atoms with E-state index in [0.717, 1.165) is 0 Å². The van der Waals surface area contributed by atoms with Gasteiger partial charge in [-0.25, -0.2) is 0 Å². The van der Waals surface area contributed by atoms with Gasteiger partial charge in [0.15, 0.2) is 5.78 Å². The zero-order valence-electron chi connectivity index (χ0n) is 7.43. The van der Waals surface area contributed by atoms with E-state index in [2.05, 4.69) is 4.98 Å². The molecule has 0 aliphatic rings. The van der Waals surface area contributed by atoms with Gasteiger partial charge in [0.1, 0.15) is 0 Å². The molecule has 0 spiro atoms. The Morgan fingerprint density at radius 3 is 2.31 bits per heavy atom. The maximum Gasteiger partial charge on any atom is 0.161 e. The minimum atomic E-state index is 0. The SMILES string of the molecule is CC(=O)c1cccnc1.C[C-]=O.[Fe]. The number of hydrogen-bond donors (Lipinski definition) is 0. The monoisotopic (exact) mass is 220 g/mol. The zero-order chi connectivity index (χ0) is 9.40. The van der Waals surface area contributed by atoms with Crippen molar-refractivity contribution in [1.29, 1.82) is 0 Å². The maximum atomic E-state index is 10.6. The van der Waals surface area contributed by atoms with Gasteiger partial charge in [-0.2, -0.15) is 6.92 Å². The van der Waals surface area contributed by atoms with Crippen LogP contribution in [0.1, 0.15) is 24.2 Å². The summed E-state index contributed by atoms with van der Waals surface area (Å²) in [5, 5.41) is 0. The molecule has 4 heteroatoms. The van der Waals surface area contributed by atoms with E-state index in [1.807, 2.05) is 0 Å². The van der Waals surface area contributed by atoms with Crippen LogP contribution in [0, 0.1) is 0 Å². The Labute approximate surface area is 88.0 Å². The molecular weight excluding hydrogens is 210 g/mol. The molecule has 0 bridgehead atoms. The Morgan fingerprint density at radius 1 is 1.54 bits per heavy atom. The third-order valence-corrected chi connectivity index (χ3v) is 1.07. The fourth-order valence-electron chi connectivity index (χ4n) is 0.571. The molecule has 0 saturated carbocycles. The van der Waals surface area contributed by atoms with Crippen LogP contribution in [0.25, 0.3) is 0 Å². The van der Waals surface area contributed by atoms with Gasteiger partial charge >= 0.3 is 0 Å². The van der Waals surface area contributed by atoms with Crippen molar-refractivity contribution in [2.75, 3.05) is 0 Å². The van der Waals surface area contributed by atoms with Gasteiger partial charge in [-0.3, -0.25) is 16.1 Å². The summed E-state index contributed by atoms with van der Waals surface area (Å²) >= 11 is 0. The number of aromatic nitrogens is 1. The summed E-state index contributed by atoms with van der Waals surface area (Å²) < 4.78 is 0. The summed E-state index contributed by atoms with van der Waals surface area (Å²) in [4.78, 5) is 23.1. The average Bonchev–Trinajstić information content (AvgIpc) is 2.07. The van der Waals surface area contributed by atoms with Crippen molar-refractivity contribution in [2.24, 2.45) is 0 Å². The number of carbonyl (C=O) groups excluding carboxylic acids is 2. The largest absolute Gasteiger partial charge is 0.542 e. The molecule has 1 rings (SSSR count). The summed E-state index contributed by atoms with van der Waals surface area (Å²) in [5.41, 5.74) is 0.664. The van der Waals surface area contributed by atoms with E-state index < -0.39 is 0 Å². The molecule has 0 amide bonds. The van der Waals surface area contributed by atoms with Crippen molar-refractivity contribution in [3.8, 4) is 0 Å². The second-order valence-electron chi connectivity index (χ2n) is 2.00. The minimum absolute atomic E-state index is 0. The molecule has 0 unspecified atom stereocenters. The van der Waals surface area contributed by atoms with Gasteiger partial charge in [0, 0.05) is 35.0 Å². The van der Waals surface area contributed by atoms with Crippen molar-refractivity contribution in [3.63, 3.8) is 0 Å². The van der Waals surface area contributed by atoms with E-state index >= 15 is 0 Å². The van der Waals surface area contributed by atoms with Crippen LogP contribution in [-0.4, -0.2) is 17.1 Å². The molecule has 0 saturated heterocycles. The number of pyridine rings is 1. The van der Waals surface area contributed by atoms with Gasteiger partial charge in [-0.15, -0.1) is 0 Å². The third-order valence-electron chi connectivity index (χ3n) is 1.07. The maximum absolute atomic E-state index is 10.6. The van der Waals surface area contributed by atoms with Crippen LogP contribution in [0.4, 0.5) is 0 Å². The van der Waals surface area contributed by atoms with E-state index in [-0.39, 0.29) is 22.9 Å². The van der Waals surface area contributed by atoms with Crippen molar-refractivity contribution < 1.29 is 26.7 Å². The van der Waals surface area contributed by atoms with Crippen LogP contribution in [0.5, 0.6) is 0 Å². The minimum Gasteiger partial charge on any atom is -0.542 e. The second kappa shape index (κ2) is 9.10. The molecule has 0 aromatic carbocycles. The molecular formula is C9H10FeNO2-. The summed E-state index contributed by atoms with van der Waals surface area (Å²) in [6.07, 6.45) is 4.70. The van der Waals surface area contributed by atoms with Gasteiger partial charge in [-0.05, 0) is 19.1 Å². The average molecular weight is 220 g/mol. The van der Waals surface area contributed by atoms with Crippen LogP contribution in [0.2, 0.25) is 0 Å². The standard InChI is InChI=1S/C7H7NO.C2H3O.Fe/c1-6(9)7-3-2-4-8-5-7;1-2-3;/h2-5H,1H3;1H3;/q;-1;. The molecule has 0 fully saturated rings. The van der Waals surface area contributed by atoms with Gasteiger partial charge < -0.3 is 4.79 Å². The van der Waals surface area contributed by atoms with Crippen molar-refractivity contribution in [1.82, 2.24) is 4.98 Å². The van der Waals surface area contributed by atoms with Crippen LogP contribution in [-0.2, 0) is 21.9 Å². The molecule has 1 heterocycles. The molecule has 0 radical (unpaired) electrons. The van der Waals surface area contributed by atoms with Crippen LogP contribution < -0.4 is 0 Å². The van der Waals surface area contributed by atoms with Crippen LogP contribution in [0.15, 0.2) is 24.5 Å². The number of ketones is 1. The first-order chi connectivity index (χ1) is 5.72. The number of rotatable bonds is 1. The van der Waals surface area contributed by atoms with Gasteiger partial charge in [-0.1, -0.05) is 0 Å². The summed E-state index contributed by atoms with van der Waals surface area (Å²) in [5.74, 6) is 0.0584. The second-order valence-corrected chi connectivity index (χ2v) is 2.00. The molecule has 0 aliphatic heterocycles. The Hall–Kier alpha value is -0.991. The topological polar surface area (TPSA) is 47.0 Å². The van der Waals surface area contributed by atoms with Gasteiger partial charge in [0.25, 0.3) is 0 Å². The first-order valence-electron chi connectivity index (χ1n) is 3.42. The zero-order valence-corrected chi connectivity index (χ0v) is 8.53. The molecule has 0 atom stereocenters. The van der Waals surface area contributed by atoms with Crippen LogP contribution in [0.3, 0.4) is 0 Å². The van der Waals surface area contributed by atoms with Crippen molar-refractivity contribution >= 4 is 12.1 Å². The molecule has 72 valence electrons. The molecule has 3 nitrogen and oxygen atoms in total. The summed E-state index contributed by atoms with van der Waals surface area (Å²) in [6, 6.07) is 3.49. The van der Waals surface area contributed by atoms with E-state index in [0.29, 0.717) is 5.56 Å². The Morgan fingerprint density at radius 2 is 2.08 bits per heavy atom. The first-order valence-corrected chi connectivity index (χ1v) is 3.42. The molecule has 1 aromatic heterocycles. The smallest absolute Gasteiger partial charge is 0.161 e. The predicted octanol–water partition coefficient (Wildman–Crippen LogP) is 1.40. The number of hydrogen-bond acceptors (Lipinski definition) is 3. The Kier molecular flexibility index (Phi) is 10.2. The fourth-order valence-corrected chi connectivity index (χ4v) is 0.571. The van der Waals surface area contributed by atoms with E-state index in [1.54, 1.807) is 24.5 Å². The van der Waals surface area contributed by atoms with E-state index in [9.17, 15) is 4.79 Å². The quantitative estimate of drug-likeness (QED) is 0.408. The molecule has 0 N–H and O–H groups in total. The molecule has 0 aliphatic carbocycles. The van der Waals surface area contributed by atoms with E-state index in [1.165, 1.54) is 20.1 Å². The molecule has 13 heavy (non-hydrogen) atoms. The number of nitrogens with zero attached hydrogens (tertiary/aromatic N) is 1. The normalized spacial score (nSPS) is 7.23. The Bertz CT molecular complexity index is 249. The predicted molar refractivity (Wildman–Crippen MR) is 45.6 cm³/mol. The Balaban J connectivity index is 0. The van der Waals surface area contributed by atoms with Crippen LogP contribution >= 0.6 is 0 Å². The summed E-state index contributed by atoms with van der Waals surface area (Å²) in [6.45, 7) is 2.84. The third kappa shape index (κ3) is 7.37. The van der Waals surface area contributed by atoms with Crippen molar-refractivity contribution in [3.05, 3.63) is 30.1 Å². The van der Waals surface area contributed by atoms with Gasteiger partial charge in [0.05, 0.1) is 0 Å². The van der Waals surface area contributed by atoms with Gasteiger partial charge in [0.2, 0.25) is 0 Å². The van der Waals surface area contributed by atoms with Crippen molar-refractivity contribution in [2.45, 2.75) is 13.8 Å². The molecule has 1 aromatic rings. The van der Waals surface area contributed by atoms with E-state index in [4.69, 9.17) is 4.79 Å².